The van der Waals surface area contributed by atoms with Crippen LogP contribution in [0.15, 0.2) is 61.2 Å². The summed E-state index contributed by atoms with van der Waals surface area (Å²) in [5.41, 5.74) is 3.97. The van der Waals surface area contributed by atoms with Gasteiger partial charge in [0.15, 0.2) is 6.10 Å². The van der Waals surface area contributed by atoms with Gasteiger partial charge in [0.2, 0.25) is 5.78 Å². The maximum Gasteiger partial charge on any atom is 0.331 e. The van der Waals surface area contributed by atoms with Crippen molar-refractivity contribution in [2.24, 2.45) is 0 Å². The molecule has 1 aliphatic carbocycles. The first-order chi connectivity index (χ1) is 13.6. The predicted octanol–water partition coefficient (Wildman–Crippen LogP) is 4.57. The molecule has 0 aromatic heterocycles. The smallest absolute Gasteiger partial charge is 0.331 e. The van der Waals surface area contributed by atoms with Crippen molar-refractivity contribution in [2.75, 3.05) is 6.61 Å². The minimum atomic E-state index is -0.828. The number of carbonyl (C=O) groups is 2. The van der Waals surface area contributed by atoms with Crippen molar-refractivity contribution in [1.29, 1.82) is 0 Å². The molecule has 0 radical (unpaired) electrons. The number of rotatable bonds is 8. The summed E-state index contributed by atoms with van der Waals surface area (Å²) in [5, 5.41) is 0. The van der Waals surface area contributed by atoms with E-state index in [0.717, 1.165) is 30.6 Å². The van der Waals surface area contributed by atoms with Crippen molar-refractivity contribution in [1.82, 2.24) is 0 Å². The second kappa shape index (κ2) is 9.18. The zero-order valence-electron chi connectivity index (χ0n) is 16.0. The molecule has 0 bridgehead atoms. The third-order valence-corrected chi connectivity index (χ3v) is 4.70. The van der Waals surface area contributed by atoms with Gasteiger partial charge >= 0.3 is 5.97 Å². The molecule has 0 saturated heterocycles. The fraction of sp³-hybridized carbons (Fsp3) is 0.250. The van der Waals surface area contributed by atoms with Gasteiger partial charge in [0.05, 0.1) is 0 Å². The Labute approximate surface area is 165 Å². The van der Waals surface area contributed by atoms with Crippen molar-refractivity contribution in [3.63, 3.8) is 0 Å². The van der Waals surface area contributed by atoms with Crippen LogP contribution >= 0.6 is 0 Å². The van der Waals surface area contributed by atoms with Gasteiger partial charge in [0.1, 0.15) is 12.4 Å². The van der Waals surface area contributed by atoms with Crippen LogP contribution in [0, 0.1) is 0 Å². The van der Waals surface area contributed by atoms with Crippen LogP contribution in [0.25, 0.3) is 6.08 Å². The second-order valence-electron chi connectivity index (χ2n) is 6.78. The molecule has 0 heterocycles. The first-order valence-corrected chi connectivity index (χ1v) is 9.45. The largest absolute Gasteiger partial charge is 0.490 e. The molecule has 0 aliphatic heterocycles. The second-order valence-corrected chi connectivity index (χ2v) is 6.78. The van der Waals surface area contributed by atoms with Crippen LogP contribution in [0.4, 0.5) is 0 Å². The van der Waals surface area contributed by atoms with E-state index in [2.05, 4.69) is 6.58 Å². The van der Waals surface area contributed by atoms with E-state index in [1.54, 1.807) is 19.1 Å². The Balaban J connectivity index is 1.55. The topological polar surface area (TPSA) is 52.6 Å². The predicted molar refractivity (Wildman–Crippen MR) is 110 cm³/mol. The molecular weight excluding hydrogens is 352 g/mol. The number of ether oxygens (including phenoxy) is 2. The highest BCUT2D eigenvalue weighted by molar-refractivity contribution is 6.01. The molecular formula is C24H24O4. The summed E-state index contributed by atoms with van der Waals surface area (Å²) >= 11 is 0. The zero-order chi connectivity index (χ0) is 19.9. The fourth-order valence-electron chi connectivity index (χ4n) is 3.22. The highest BCUT2D eigenvalue weighted by Crippen LogP contribution is 2.23. The first kappa shape index (κ1) is 19.6. The first-order valence-electron chi connectivity index (χ1n) is 9.45. The number of ketones is 1. The van der Waals surface area contributed by atoms with E-state index in [-0.39, 0.29) is 5.78 Å². The molecule has 0 spiro atoms. The van der Waals surface area contributed by atoms with E-state index in [9.17, 15) is 9.59 Å². The van der Waals surface area contributed by atoms with Gasteiger partial charge in [0.25, 0.3) is 0 Å². The molecule has 1 atom stereocenters. The number of hydrogen-bond acceptors (Lipinski definition) is 4. The van der Waals surface area contributed by atoms with E-state index in [1.807, 2.05) is 42.5 Å². The minimum absolute atomic E-state index is 0.180. The number of Topliss-reactive ketones (excluding diaryl/α,β-unsaturated/α-hetero) is 1. The monoisotopic (exact) mass is 376 g/mol. The molecule has 0 fully saturated rings. The summed E-state index contributed by atoms with van der Waals surface area (Å²) in [7, 11) is 0. The Morgan fingerprint density at radius 1 is 1.11 bits per heavy atom. The van der Waals surface area contributed by atoms with Crippen molar-refractivity contribution in [2.45, 2.75) is 32.3 Å². The van der Waals surface area contributed by atoms with Gasteiger partial charge in [-0.2, -0.15) is 0 Å². The Kier molecular flexibility index (Phi) is 6.43. The molecule has 0 amide bonds. The summed E-state index contributed by atoms with van der Waals surface area (Å²) in [6.45, 7) is 5.65. The number of carbonyl (C=O) groups excluding carboxylic acids is 2. The van der Waals surface area contributed by atoms with Crippen molar-refractivity contribution < 1.29 is 19.1 Å². The molecule has 2 aromatic rings. The molecule has 28 heavy (non-hydrogen) atoms. The van der Waals surface area contributed by atoms with Crippen LogP contribution in [0.1, 0.15) is 40.4 Å². The van der Waals surface area contributed by atoms with Crippen LogP contribution in [-0.2, 0) is 22.4 Å². The molecule has 0 saturated carbocycles. The summed E-state index contributed by atoms with van der Waals surface area (Å²) < 4.78 is 10.7. The van der Waals surface area contributed by atoms with Crippen LogP contribution in [0.2, 0.25) is 0 Å². The average Bonchev–Trinajstić information content (AvgIpc) is 3.18. The molecule has 3 rings (SSSR count). The van der Waals surface area contributed by atoms with Gasteiger partial charge in [-0.05, 0) is 67.2 Å². The lowest BCUT2D eigenvalue weighted by atomic mass is 10.0. The van der Waals surface area contributed by atoms with Crippen LogP contribution in [-0.4, -0.2) is 24.5 Å². The van der Waals surface area contributed by atoms with Gasteiger partial charge in [-0.25, -0.2) is 4.79 Å². The van der Waals surface area contributed by atoms with E-state index >= 15 is 0 Å². The quantitative estimate of drug-likeness (QED) is 0.293. The number of aryl methyl sites for hydroxylation is 2. The molecule has 4 heteroatoms. The minimum Gasteiger partial charge on any atom is -0.490 e. The Morgan fingerprint density at radius 2 is 1.86 bits per heavy atom. The molecule has 0 unspecified atom stereocenters. The molecule has 4 nitrogen and oxygen atoms in total. The number of fused-ring (bicyclic) bond motifs is 1. The van der Waals surface area contributed by atoms with E-state index in [4.69, 9.17) is 9.47 Å². The van der Waals surface area contributed by atoms with Gasteiger partial charge in [0, 0.05) is 11.6 Å². The summed E-state index contributed by atoms with van der Waals surface area (Å²) in [5.74, 6) is 0.00218. The van der Waals surface area contributed by atoms with Crippen molar-refractivity contribution in [3.8, 4) is 5.75 Å². The lowest BCUT2D eigenvalue weighted by Gasteiger charge is -2.12. The van der Waals surface area contributed by atoms with E-state index < -0.39 is 12.1 Å². The highest BCUT2D eigenvalue weighted by Gasteiger charge is 2.20. The van der Waals surface area contributed by atoms with Crippen molar-refractivity contribution >= 4 is 17.8 Å². The van der Waals surface area contributed by atoms with Gasteiger partial charge in [-0.1, -0.05) is 36.9 Å². The maximum absolute atomic E-state index is 12.6. The lowest BCUT2D eigenvalue weighted by molar-refractivity contribution is -0.140. The Bertz CT molecular complexity index is 893. The standard InChI is InChI=1S/C24H24O4/c1-3-15-27-22-12-7-18(8-13-22)9-14-23(25)28-17(2)24(26)21-11-10-19-5-4-6-20(19)16-21/h3,7-14,16-17H,1,4-6,15H2,2H3/b14-9+/t17-/m1/s1. The fourth-order valence-corrected chi connectivity index (χ4v) is 3.22. The van der Waals surface area contributed by atoms with Gasteiger partial charge < -0.3 is 9.47 Å². The van der Waals surface area contributed by atoms with E-state index in [0.29, 0.717) is 12.2 Å². The average molecular weight is 376 g/mol. The SMILES string of the molecule is C=CCOc1ccc(/C=C/C(=O)O[C@H](C)C(=O)c2ccc3c(c2)CCC3)cc1. The third-order valence-electron chi connectivity index (χ3n) is 4.70. The van der Waals surface area contributed by atoms with Crippen LogP contribution in [0.3, 0.4) is 0 Å². The van der Waals surface area contributed by atoms with Gasteiger partial charge in [-0.3, -0.25) is 4.79 Å². The lowest BCUT2D eigenvalue weighted by Crippen LogP contribution is -2.23. The summed E-state index contributed by atoms with van der Waals surface area (Å²) in [6.07, 6.45) is 7.02. The zero-order valence-corrected chi connectivity index (χ0v) is 16.0. The van der Waals surface area contributed by atoms with Gasteiger partial charge in [-0.15, -0.1) is 0 Å². The summed E-state index contributed by atoms with van der Waals surface area (Å²) in [6, 6.07) is 13.1. The molecule has 1 aliphatic rings. The Morgan fingerprint density at radius 3 is 2.61 bits per heavy atom. The highest BCUT2D eigenvalue weighted by atomic mass is 16.5. The number of hydrogen-bond donors (Lipinski definition) is 0. The molecule has 0 N–H and O–H groups in total. The van der Waals surface area contributed by atoms with Crippen LogP contribution < -0.4 is 4.74 Å². The molecule has 2 aromatic carbocycles. The van der Waals surface area contributed by atoms with Crippen molar-refractivity contribution in [3.05, 3.63) is 83.4 Å². The Hall–Kier alpha value is -3.14. The maximum atomic E-state index is 12.6. The summed E-state index contributed by atoms with van der Waals surface area (Å²) in [4.78, 5) is 24.6. The normalized spacial score (nSPS) is 13.8. The third kappa shape index (κ3) is 4.97. The van der Waals surface area contributed by atoms with Crippen LogP contribution in [0.5, 0.6) is 5.75 Å². The number of benzene rings is 2. The van der Waals surface area contributed by atoms with E-state index in [1.165, 1.54) is 17.2 Å². The molecule has 144 valence electrons. The number of esters is 1.